The third kappa shape index (κ3) is 2.95. The minimum Gasteiger partial charge on any atom is -0.496 e. The lowest BCUT2D eigenvalue weighted by molar-refractivity contribution is 0.268. The monoisotopic (exact) mass is 317 g/mol. The smallest absolute Gasteiger partial charge is 0.243 e. The number of nitrogens with zero attached hydrogens (tertiary/aromatic N) is 1. The first kappa shape index (κ1) is 15.6. The van der Waals surface area contributed by atoms with Crippen LogP contribution in [0.15, 0.2) is 23.1 Å². The Morgan fingerprint density at radius 2 is 2.15 bits per heavy atom. The molecule has 0 saturated carbocycles. The fraction of sp³-hybridized carbons (Fsp3) is 0.571. The average molecular weight is 318 g/mol. The van der Waals surface area contributed by atoms with Crippen molar-refractivity contribution < 1.29 is 13.2 Å². The van der Waals surface area contributed by atoms with Gasteiger partial charge in [0.25, 0.3) is 0 Å². The van der Waals surface area contributed by atoms with Crippen LogP contribution in [0.1, 0.15) is 31.7 Å². The van der Waals surface area contributed by atoms with E-state index in [4.69, 9.17) is 16.3 Å². The molecule has 1 aliphatic heterocycles. The molecule has 2 rings (SSSR count). The zero-order valence-electron chi connectivity index (χ0n) is 11.8. The summed E-state index contributed by atoms with van der Waals surface area (Å²) in [7, 11) is -1.90. The number of hydrogen-bond acceptors (Lipinski definition) is 3. The van der Waals surface area contributed by atoms with Gasteiger partial charge in [0.15, 0.2) is 0 Å². The number of hydrogen-bond donors (Lipinski definition) is 0. The summed E-state index contributed by atoms with van der Waals surface area (Å²) in [5.41, 5.74) is 0.694. The largest absolute Gasteiger partial charge is 0.496 e. The Hall–Kier alpha value is -0.780. The van der Waals surface area contributed by atoms with E-state index < -0.39 is 10.0 Å². The molecule has 112 valence electrons. The van der Waals surface area contributed by atoms with Crippen molar-refractivity contribution in [2.75, 3.05) is 13.7 Å². The fourth-order valence-corrected chi connectivity index (χ4v) is 4.54. The molecule has 1 unspecified atom stereocenters. The van der Waals surface area contributed by atoms with Gasteiger partial charge in [-0.05, 0) is 38.0 Å². The van der Waals surface area contributed by atoms with E-state index in [0.29, 0.717) is 22.8 Å². The standard InChI is InChI=1S/C14H20ClNO3S/c1-11-5-3-4-8-16(11)20(17,18)13-6-7-14(19-2)12(9-13)10-15/h6-7,9,11H,3-5,8,10H2,1-2H3. The van der Waals surface area contributed by atoms with Crippen LogP contribution in [0.5, 0.6) is 5.75 Å². The van der Waals surface area contributed by atoms with Crippen molar-refractivity contribution in [2.24, 2.45) is 0 Å². The summed E-state index contributed by atoms with van der Waals surface area (Å²) in [6.45, 7) is 2.55. The Morgan fingerprint density at radius 3 is 2.75 bits per heavy atom. The SMILES string of the molecule is COc1ccc(S(=O)(=O)N2CCCCC2C)cc1CCl. The first-order chi connectivity index (χ1) is 9.50. The molecule has 4 nitrogen and oxygen atoms in total. The summed E-state index contributed by atoms with van der Waals surface area (Å²) in [4.78, 5) is 0.294. The first-order valence-corrected chi connectivity index (χ1v) is 8.73. The Bertz CT molecular complexity index is 574. The predicted molar refractivity (Wildman–Crippen MR) is 79.8 cm³/mol. The third-order valence-corrected chi connectivity index (χ3v) is 6.04. The summed E-state index contributed by atoms with van der Waals surface area (Å²) in [5.74, 6) is 0.841. The quantitative estimate of drug-likeness (QED) is 0.802. The second-order valence-corrected chi connectivity index (χ2v) is 7.23. The number of piperidine rings is 1. The summed E-state index contributed by atoms with van der Waals surface area (Å²) in [6.07, 6.45) is 2.92. The van der Waals surface area contributed by atoms with E-state index in [9.17, 15) is 8.42 Å². The van der Waals surface area contributed by atoms with Crippen LogP contribution in [0.3, 0.4) is 0 Å². The second-order valence-electron chi connectivity index (χ2n) is 5.07. The summed E-state index contributed by atoms with van der Waals surface area (Å²) in [5, 5.41) is 0. The Morgan fingerprint density at radius 1 is 1.40 bits per heavy atom. The molecule has 0 spiro atoms. The highest BCUT2D eigenvalue weighted by atomic mass is 35.5. The van der Waals surface area contributed by atoms with E-state index in [2.05, 4.69) is 0 Å². The molecule has 1 atom stereocenters. The second kappa shape index (κ2) is 6.33. The minimum absolute atomic E-state index is 0.0512. The molecule has 1 fully saturated rings. The maximum absolute atomic E-state index is 12.7. The van der Waals surface area contributed by atoms with Crippen molar-refractivity contribution in [3.63, 3.8) is 0 Å². The topological polar surface area (TPSA) is 46.6 Å². The predicted octanol–water partition coefficient (Wildman–Crippen LogP) is 3.00. The van der Waals surface area contributed by atoms with Crippen LogP contribution >= 0.6 is 11.6 Å². The number of alkyl halides is 1. The molecule has 0 N–H and O–H groups in total. The van der Waals surface area contributed by atoms with Gasteiger partial charge in [-0.1, -0.05) is 6.42 Å². The van der Waals surface area contributed by atoms with Crippen molar-refractivity contribution in [1.29, 1.82) is 0 Å². The van der Waals surface area contributed by atoms with Crippen molar-refractivity contribution in [3.8, 4) is 5.75 Å². The number of methoxy groups -OCH3 is 1. The van der Waals surface area contributed by atoms with Crippen LogP contribution in [-0.2, 0) is 15.9 Å². The van der Waals surface area contributed by atoms with Crippen molar-refractivity contribution in [1.82, 2.24) is 4.31 Å². The van der Waals surface area contributed by atoms with Gasteiger partial charge >= 0.3 is 0 Å². The van der Waals surface area contributed by atoms with Gasteiger partial charge in [-0.25, -0.2) is 8.42 Å². The van der Waals surface area contributed by atoms with Crippen LogP contribution in [0, 0.1) is 0 Å². The maximum Gasteiger partial charge on any atom is 0.243 e. The molecule has 0 aromatic heterocycles. The molecule has 1 aromatic carbocycles. The van der Waals surface area contributed by atoms with Gasteiger partial charge in [-0.15, -0.1) is 11.6 Å². The van der Waals surface area contributed by atoms with Gasteiger partial charge in [-0.2, -0.15) is 4.31 Å². The normalized spacial score (nSPS) is 20.9. The van der Waals surface area contributed by atoms with Crippen LogP contribution in [0.4, 0.5) is 0 Å². The Labute approximate surface area is 125 Å². The third-order valence-electron chi connectivity index (χ3n) is 3.74. The lowest BCUT2D eigenvalue weighted by Gasteiger charge is -2.32. The number of rotatable bonds is 4. The zero-order chi connectivity index (χ0) is 14.8. The molecule has 1 aromatic rings. The molecule has 0 bridgehead atoms. The molecule has 6 heteroatoms. The van der Waals surface area contributed by atoms with Gasteiger partial charge < -0.3 is 4.74 Å². The summed E-state index contributed by atoms with van der Waals surface area (Å²) < 4.78 is 32.2. The van der Waals surface area contributed by atoms with Crippen LogP contribution in [0.25, 0.3) is 0 Å². The number of sulfonamides is 1. The van der Waals surface area contributed by atoms with Gasteiger partial charge in [0.05, 0.1) is 17.9 Å². The van der Waals surface area contributed by atoms with E-state index in [1.165, 1.54) is 0 Å². The van der Waals surface area contributed by atoms with E-state index in [0.717, 1.165) is 19.3 Å². The number of halogens is 1. The van der Waals surface area contributed by atoms with Crippen LogP contribution in [0.2, 0.25) is 0 Å². The highest BCUT2D eigenvalue weighted by molar-refractivity contribution is 7.89. The van der Waals surface area contributed by atoms with E-state index in [1.54, 1.807) is 29.6 Å². The van der Waals surface area contributed by atoms with Crippen molar-refractivity contribution in [3.05, 3.63) is 23.8 Å². The molecule has 20 heavy (non-hydrogen) atoms. The van der Waals surface area contributed by atoms with Gasteiger partial charge in [0.1, 0.15) is 5.75 Å². The van der Waals surface area contributed by atoms with Gasteiger partial charge in [0.2, 0.25) is 10.0 Å². The molecule has 0 amide bonds. The highest BCUT2D eigenvalue weighted by Gasteiger charge is 2.31. The molecule has 1 saturated heterocycles. The van der Waals surface area contributed by atoms with E-state index in [1.807, 2.05) is 6.92 Å². The number of benzene rings is 1. The summed E-state index contributed by atoms with van der Waals surface area (Å²) >= 11 is 5.86. The zero-order valence-corrected chi connectivity index (χ0v) is 13.4. The van der Waals surface area contributed by atoms with Gasteiger partial charge in [-0.3, -0.25) is 0 Å². The van der Waals surface area contributed by atoms with E-state index >= 15 is 0 Å². The lowest BCUT2D eigenvalue weighted by Crippen LogP contribution is -2.41. The summed E-state index contributed by atoms with van der Waals surface area (Å²) in [6, 6.07) is 4.92. The number of ether oxygens (including phenoxy) is 1. The first-order valence-electron chi connectivity index (χ1n) is 6.75. The van der Waals surface area contributed by atoms with Crippen LogP contribution in [-0.4, -0.2) is 32.4 Å². The van der Waals surface area contributed by atoms with Crippen LogP contribution < -0.4 is 4.74 Å². The molecular weight excluding hydrogens is 298 g/mol. The van der Waals surface area contributed by atoms with Crippen molar-refractivity contribution in [2.45, 2.75) is 43.0 Å². The molecule has 0 radical (unpaired) electrons. The molecule has 0 aliphatic carbocycles. The van der Waals surface area contributed by atoms with Crippen molar-refractivity contribution >= 4 is 21.6 Å². The molecular formula is C14H20ClNO3S. The maximum atomic E-state index is 12.7. The van der Waals surface area contributed by atoms with Gasteiger partial charge in [0, 0.05) is 18.2 Å². The van der Waals surface area contributed by atoms with E-state index in [-0.39, 0.29) is 11.9 Å². The molecule has 1 aliphatic rings. The average Bonchev–Trinajstić information content (AvgIpc) is 2.46. The minimum atomic E-state index is -3.45. The lowest BCUT2D eigenvalue weighted by atomic mass is 10.1. The Kier molecular flexibility index (Phi) is 4.94. The Balaban J connectivity index is 2.38. The highest BCUT2D eigenvalue weighted by Crippen LogP contribution is 2.29. The molecule has 1 heterocycles. The fourth-order valence-electron chi connectivity index (χ4n) is 2.58.